The number of hydrogen-bond acceptors (Lipinski definition) is 2. The fraction of sp³-hybridized carbons (Fsp3) is 0.600. The topological polar surface area (TPSA) is 18.5 Å². The van der Waals surface area contributed by atoms with E-state index in [2.05, 4.69) is 6.92 Å². The molecule has 1 unspecified atom stereocenters. The highest BCUT2D eigenvalue weighted by atomic mass is 19.3. The van der Waals surface area contributed by atoms with E-state index in [1.54, 1.807) is 7.11 Å². The van der Waals surface area contributed by atoms with Crippen LogP contribution in [0.4, 0.5) is 8.78 Å². The smallest absolute Gasteiger partial charge is 0.248 e. The van der Waals surface area contributed by atoms with Crippen molar-refractivity contribution >= 4 is 0 Å². The molecule has 1 aromatic rings. The molecule has 1 aromatic carbocycles. The van der Waals surface area contributed by atoms with Gasteiger partial charge in [-0.3, -0.25) is 0 Å². The number of aryl methyl sites for hydroxylation is 1. The number of rotatable bonds is 5. The van der Waals surface area contributed by atoms with E-state index >= 15 is 0 Å². The monoisotopic (exact) mass is 270 g/mol. The third-order valence-electron chi connectivity index (χ3n) is 3.62. The first-order valence-corrected chi connectivity index (χ1v) is 6.71. The second kappa shape index (κ2) is 5.76. The second-order valence-corrected chi connectivity index (χ2v) is 5.11. The normalized spacial score (nSPS) is 21.4. The van der Waals surface area contributed by atoms with Crippen LogP contribution in [0.1, 0.15) is 31.7 Å². The Morgan fingerprint density at radius 1 is 1.32 bits per heavy atom. The van der Waals surface area contributed by atoms with Gasteiger partial charge in [0.1, 0.15) is 0 Å². The van der Waals surface area contributed by atoms with Gasteiger partial charge in [-0.15, -0.1) is 0 Å². The Balaban J connectivity index is 1.96. The van der Waals surface area contributed by atoms with Crippen LogP contribution in [0.2, 0.25) is 0 Å². The van der Waals surface area contributed by atoms with Crippen molar-refractivity contribution in [3.05, 3.63) is 23.8 Å². The molecular formula is C15H20F2O2. The number of halogens is 2. The lowest BCUT2D eigenvalue weighted by Crippen LogP contribution is -2.14. The summed E-state index contributed by atoms with van der Waals surface area (Å²) in [5, 5.41) is 0. The maximum atomic E-state index is 13.1. The molecule has 1 aliphatic rings. The highest BCUT2D eigenvalue weighted by molar-refractivity contribution is 5.42. The Hall–Kier alpha value is -1.32. The Bertz CT molecular complexity index is 432. The van der Waals surface area contributed by atoms with Crippen molar-refractivity contribution in [3.63, 3.8) is 0 Å². The Kier molecular flexibility index (Phi) is 4.27. The lowest BCUT2D eigenvalue weighted by molar-refractivity contribution is 0.00288. The lowest BCUT2D eigenvalue weighted by atomic mass is 10.1. The van der Waals surface area contributed by atoms with E-state index in [4.69, 9.17) is 9.47 Å². The Morgan fingerprint density at radius 2 is 2.11 bits per heavy atom. The van der Waals surface area contributed by atoms with Crippen LogP contribution in [0.15, 0.2) is 18.2 Å². The molecule has 0 amide bonds. The first kappa shape index (κ1) is 14.1. The standard InChI is InChI=1S/C15H20F2O2/c1-3-11-4-5-13(14(8-11)18-2)19-10-12-6-7-15(16,17)9-12/h4-5,8,12H,3,6-7,9-10H2,1-2H3. The number of ether oxygens (including phenoxy) is 2. The molecule has 2 nitrogen and oxygen atoms in total. The van der Waals surface area contributed by atoms with Crippen LogP contribution in [0, 0.1) is 5.92 Å². The first-order chi connectivity index (χ1) is 9.04. The van der Waals surface area contributed by atoms with Crippen LogP contribution < -0.4 is 9.47 Å². The van der Waals surface area contributed by atoms with Crippen LogP contribution in [0.3, 0.4) is 0 Å². The first-order valence-electron chi connectivity index (χ1n) is 6.71. The van der Waals surface area contributed by atoms with Gasteiger partial charge in [0.05, 0.1) is 13.7 Å². The van der Waals surface area contributed by atoms with Crippen molar-refractivity contribution < 1.29 is 18.3 Å². The summed E-state index contributed by atoms with van der Waals surface area (Å²) in [5.41, 5.74) is 1.16. The third-order valence-corrected chi connectivity index (χ3v) is 3.62. The van der Waals surface area contributed by atoms with Crippen LogP contribution >= 0.6 is 0 Å². The lowest BCUT2D eigenvalue weighted by Gasteiger charge is -2.15. The molecule has 0 bridgehead atoms. The molecule has 1 saturated carbocycles. The number of alkyl halides is 2. The van der Waals surface area contributed by atoms with Gasteiger partial charge in [0.15, 0.2) is 11.5 Å². The summed E-state index contributed by atoms with van der Waals surface area (Å²) >= 11 is 0. The minimum absolute atomic E-state index is 0.0209. The summed E-state index contributed by atoms with van der Waals surface area (Å²) in [6.45, 7) is 2.40. The largest absolute Gasteiger partial charge is 0.493 e. The number of methoxy groups -OCH3 is 1. The summed E-state index contributed by atoms with van der Waals surface area (Å²) in [4.78, 5) is 0. The van der Waals surface area contributed by atoms with Gasteiger partial charge in [-0.1, -0.05) is 13.0 Å². The van der Waals surface area contributed by atoms with Crippen LogP contribution in [-0.4, -0.2) is 19.6 Å². The summed E-state index contributed by atoms with van der Waals surface area (Å²) in [6, 6.07) is 5.75. The summed E-state index contributed by atoms with van der Waals surface area (Å²) < 4.78 is 37.1. The molecule has 0 spiro atoms. The third kappa shape index (κ3) is 3.58. The molecule has 1 fully saturated rings. The number of benzene rings is 1. The predicted octanol–water partition coefficient (Wildman–Crippen LogP) is 4.07. The van der Waals surface area contributed by atoms with Crippen molar-refractivity contribution in [2.24, 2.45) is 5.92 Å². The SMILES string of the molecule is CCc1ccc(OCC2CCC(F)(F)C2)c(OC)c1. The molecule has 19 heavy (non-hydrogen) atoms. The van der Waals surface area contributed by atoms with E-state index in [0.29, 0.717) is 24.5 Å². The fourth-order valence-electron chi connectivity index (χ4n) is 2.44. The molecule has 2 rings (SSSR count). The van der Waals surface area contributed by atoms with Crippen molar-refractivity contribution in [1.82, 2.24) is 0 Å². The van der Waals surface area contributed by atoms with E-state index in [-0.39, 0.29) is 18.8 Å². The van der Waals surface area contributed by atoms with Crippen LogP contribution in [-0.2, 0) is 6.42 Å². The van der Waals surface area contributed by atoms with Crippen molar-refractivity contribution in [2.45, 2.75) is 38.5 Å². The summed E-state index contributed by atoms with van der Waals surface area (Å²) in [5.74, 6) is -1.27. The van der Waals surface area contributed by atoms with E-state index < -0.39 is 5.92 Å². The van der Waals surface area contributed by atoms with Crippen molar-refractivity contribution in [1.29, 1.82) is 0 Å². The van der Waals surface area contributed by atoms with Crippen molar-refractivity contribution in [2.75, 3.05) is 13.7 Å². The van der Waals surface area contributed by atoms with Gasteiger partial charge in [0, 0.05) is 12.8 Å². The van der Waals surface area contributed by atoms with E-state index in [1.165, 1.54) is 0 Å². The van der Waals surface area contributed by atoms with E-state index in [1.807, 2.05) is 18.2 Å². The average Bonchev–Trinajstić information content (AvgIpc) is 2.75. The molecule has 0 N–H and O–H groups in total. The van der Waals surface area contributed by atoms with Gasteiger partial charge in [-0.2, -0.15) is 0 Å². The van der Waals surface area contributed by atoms with Gasteiger partial charge in [0.2, 0.25) is 5.92 Å². The molecule has 4 heteroatoms. The Morgan fingerprint density at radius 3 is 2.68 bits per heavy atom. The Labute approximate surface area is 112 Å². The van der Waals surface area contributed by atoms with Gasteiger partial charge in [0.25, 0.3) is 0 Å². The van der Waals surface area contributed by atoms with E-state index in [0.717, 1.165) is 12.0 Å². The molecule has 1 atom stereocenters. The minimum Gasteiger partial charge on any atom is -0.493 e. The average molecular weight is 270 g/mol. The summed E-state index contributed by atoms with van der Waals surface area (Å²) in [6.07, 6.45) is 1.36. The van der Waals surface area contributed by atoms with Gasteiger partial charge >= 0.3 is 0 Å². The number of hydrogen-bond donors (Lipinski definition) is 0. The molecule has 0 aromatic heterocycles. The van der Waals surface area contributed by atoms with E-state index in [9.17, 15) is 8.78 Å². The molecule has 0 radical (unpaired) electrons. The minimum atomic E-state index is -2.51. The fourth-order valence-corrected chi connectivity index (χ4v) is 2.44. The predicted molar refractivity (Wildman–Crippen MR) is 70.2 cm³/mol. The quantitative estimate of drug-likeness (QED) is 0.803. The molecule has 1 aliphatic carbocycles. The zero-order valence-corrected chi connectivity index (χ0v) is 11.4. The van der Waals surface area contributed by atoms with Gasteiger partial charge < -0.3 is 9.47 Å². The van der Waals surface area contributed by atoms with Gasteiger partial charge in [-0.25, -0.2) is 8.78 Å². The van der Waals surface area contributed by atoms with Gasteiger partial charge in [-0.05, 0) is 36.5 Å². The zero-order chi connectivity index (χ0) is 13.9. The maximum Gasteiger partial charge on any atom is 0.248 e. The molecule has 0 aliphatic heterocycles. The highest BCUT2D eigenvalue weighted by Crippen LogP contribution is 2.39. The van der Waals surface area contributed by atoms with Crippen molar-refractivity contribution in [3.8, 4) is 11.5 Å². The molecular weight excluding hydrogens is 250 g/mol. The molecule has 0 heterocycles. The maximum absolute atomic E-state index is 13.1. The summed E-state index contributed by atoms with van der Waals surface area (Å²) in [7, 11) is 1.59. The van der Waals surface area contributed by atoms with Crippen LogP contribution in [0.5, 0.6) is 11.5 Å². The molecule has 106 valence electrons. The zero-order valence-electron chi connectivity index (χ0n) is 11.4. The second-order valence-electron chi connectivity index (χ2n) is 5.11. The highest BCUT2D eigenvalue weighted by Gasteiger charge is 2.39. The van der Waals surface area contributed by atoms with Crippen LogP contribution in [0.25, 0.3) is 0 Å². The molecule has 0 saturated heterocycles.